The van der Waals surface area contributed by atoms with E-state index in [1.54, 1.807) is 0 Å². The van der Waals surface area contributed by atoms with Crippen molar-refractivity contribution in [2.75, 3.05) is 19.6 Å². The van der Waals surface area contributed by atoms with E-state index in [0.717, 1.165) is 6.54 Å². The van der Waals surface area contributed by atoms with Crippen LogP contribution in [0.15, 0.2) is 0 Å². The Morgan fingerprint density at radius 2 is 0.679 bits per heavy atom. The summed E-state index contributed by atoms with van der Waals surface area (Å²) in [7, 11) is 0. The number of nitrogens with one attached hydrogen (secondary N) is 1. The van der Waals surface area contributed by atoms with Crippen LogP contribution in [0.5, 0.6) is 0 Å². The van der Waals surface area contributed by atoms with Crippen LogP contribution in [0.3, 0.4) is 0 Å². The van der Waals surface area contributed by atoms with Crippen molar-refractivity contribution in [2.45, 2.75) is 148 Å². The molecule has 0 aliphatic rings. The molecule has 0 aromatic rings. The van der Waals surface area contributed by atoms with E-state index >= 15 is 0 Å². The average Bonchev–Trinajstić information content (AvgIpc) is 2.71. The van der Waals surface area contributed by atoms with Crippen LogP contribution in [0.2, 0.25) is 0 Å². The van der Waals surface area contributed by atoms with Gasteiger partial charge in [-0.2, -0.15) is 0 Å². The van der Waals surface area contributed by atoms with Gasteiger partial charge >= 0.3 is 0 Å². The molecule has 0 aromatic carbocycles. The summed E-state index contributed by atoms with van der Waals surface area (Å²) < 4.78 is 0. The van der Waals surface area contributed by atoms with E-state index in [1.807, 2.05) is 0 Å². The van der Waals surface area contributed by atoms with Crippen LogP contribution in [0.1, 0.15) is 148 Å². The fourth-order valence-corrected chi connectivity index (χ4v) is 4.02. The van der Waals surface area contributed by atoms with Crippen molar-refractivity contribution in [1.29, 1.82) is 0 Å². The smallest absolute Gasteiger partial charge is 0.00489 e. The molecule has 0 unspecified atom stereocenters. The third-order valence-corrected chi connectivity index (χ3v) is 6.01. The molecule has 3 N–H and O–H groups in total. The Bertz CT molecular complexity index is 229. The zero-order chi connectivity index (χ0) is 20.4. The van der Waals surface area contributed by atoms with Gasteiger partial charge in [-0.3, -0.25) is 0 Å². The van der Waals surface area contributed by atoms with Crippen LogP contribution in [-0.2, 0) is 0 Å². The normalized spacial score (nSPS) is 11.4. The van der Waals surface area contributed by atoms with Gasteiger partial charge in [0, 0.05) is 0 Å². The second-order valence-corrected chi connectivity index (χ2v) is 8.96. The first-order chi connectivity index (χ1) is 13.9. The highest BCUT2D eigenvalue weighted by molar-refractivity contribution is 4.53. The Morgan fingerprint density at radius 3 is 1.00 bits per heavy atom. The summed E-state index contributed by atoms with van der Waals surface area (Å²) in [6.07, 6.45) is 31.3. The van der Waals surface area contributed by atoms with Gasteiger partial charge < -0.3 is 11.1 Å². The maximum absolute atomic E-state index is 5.51. The first-order valence-electron chi connectivity index (χ1n) is 13.3. The van der Waals surface area contributed by atoms with E-state index in [1.165, 1.54) is 154 Å². The van der Waals surface area contributed by atoms with E-state index < -0.39 is 0 Å². The molecule has 170 valence electrons. The minimum absolute atomic E-state index is 0.854. The lowest BCUT2D eigenvalue weighted by atomic mass is 10.0. The average molecular weight is 397 g/mol. The van der Waals surface area contributed by atoms with Crippen LogP contribution in [0.25, 0.3) is 0 Å². The second kappa shape index (κ2) is 26.9. The third kappa shape index (κ3) is 25.9. The van der Waals surface area contributed by atoms with E-state index in [2.05, 4.69) is 12.2 Å². The van der Waals surface area contributed by atoms with E-state index in [0.29, 0.717) is 0 Å². The van der Waals surface area contributed by atoms with Gasteiger partial charge in [0.1, 0.15) is 0 Å². The van der Waals surface area contributed by atoms with Crippen LogP contribution < -0.4 is 11.1 Å². The molecule has 0 fully saturated rings. The molecule has 0 bridgehead atoms. The summed E-state index contributed by atoms with van der Waals surface area (Å²) in [5.74, 6) is 0. The van der Waals surface area contributed by atoms with Gasteiger partial charge in [0.15, 0.2) is 0 Å². The molecule has 0 aliphatic carbocycles. The van der Waals surface area contributed by atoms with Crippen molar-refractivity contribution in [2.24, 2.45) is 5.73 Å². The topological polar surface area (TPSA) is 38.0 Å². The van der Waals surface area contributed by atoms with E-state index in [9.17, 15) is 0 Å². The minimum atomic E-state index is 0.854. The molecule has 0 heterocycles. The molecule has 28 heavy (non-hydrogen) atoms. The molecule has 0 radical (unpaired) electrons. The largest absolute Gasteiger partial charge is 0.330 e. The first-order valence-corrected chi connectivity index (χ1v) is 13.3. The minimum Gasteiger partial charge on any atom is -0.330 e. The van der Waals surface area contributed by atoms with Crippen molar-refractivity contribution in [3.63, 3.8) is 0 Å². The summed E-state index contributed by atoms with van der Waals surface area (Å²) in [6.45, 7) is 5.57. The lowest BCUT2D eigenvalue weighted by molar-refractivity contribution is 0.519. The molecule has 0 amide bonds. The Kier molecular flexibility index (Phi) is 26.8. The van der Waals surface area contributed by atoms with Crippen LogP contribution >= 0.6 is 0 Å². The lowest BCUT2D eigenvalue weighted by Gasteiger charge is -2.05. The van der Waals surface area contributed by atoms with Crippen LogP contribution in [0.4, 0.5) is 0 Å². The molecule has 2 nitrogen and oxygen atoms in total. The molecule has 0 spiro atoms. The predicted molar refractivity (Wildman–Crippen MR) is 129 cm³/mol. The summed E-state index contributed by atoms with van der Waals surface area (Å²) in [4.78, 5) is 0. The number of hydrogen-bond acceptors (Lipinski definition) is 2. The number of hydrogen-bond donors (Lipinski definition) is 2. The fraction of sp³-hybridized carbons (Fsp3) is 1.00. The summed E-state index contributed by atoms with van der Waals surface area (Å²) in [5.41, 5.74) is 5.51. The van der Waals surface area contributed by atoms with E-state index in [-0.39, 0.29) is 0 Å². The van der Waals surface area contributed by atoms with Crippen LogP contribution in [-0.4, -0.2) is 19.6 Å². The quantitative estimate of drug-likeness (QED) is 0.153. The van der Waals surface area contributed by atoms with Crippen LogP contribution in [0, 0.1) is 0 Å². The second-order valence-electron chi connectivity index (χ2n) is 8.96. The third-order valence-electron chi connectivity index (χ3n) is 6.01. The molecule has 0 aromatic heterocycles. The van der Waals surface area contributed by atoms with Gasteiger partial charge in [-0.1, -0.05) is 129 Å². The number of unbranched alkanes of at least 4 members (excludes halogenated alkanes) is 20. The van der Waals surface area contributed by atoms with Crippen molar-refractivity contribution < 1.29 is 0 Å². The molecule has 0 saturated carbocycles. The van der Waals surface area contributed by atoms with Gasteiger partial charge in [-0.15, -0.1) is 0 Å². The molecule has 0 rings (SSSR count). The van der Waals surface area contributed by atoms with Gasteiger partial charge in [-0.05, 0) is 38.9 Å². The number of rotatable bonds is 25. The van der Waals surface area contributed by atoms with Crippen molar-refractivity contribution in [3.8, 4) is 0 Å². The zero-order valence-electron chi connectivity index (χ0n) is 19.8. The van der Waals surface area contributed by atoms with Gasteiger partial charge in [0.25, 0.3) is 0 Å². The Balaban J connectivity index is 2.96. The summed E-state index contributed by atoms with van der Waals surface area (Å²) in [5, 5.41) is 3.59. The molecular weight excluding hydrogens is 340 g/mol. The van der Waals surface area contributed by atoms with Crippen molar-refractivity contribution >= 4 is 0 Å². The van der Waals surface area contributed by atoms with Gasteiger partial charge in [-0.25, -0.2) is 0 Å². The number of nitrogens with two attached hydrogens (primary N) is 1. The molecule has 0 atom stereocenters. The highest BCUT2D eigenvalue weighted by Gasteiger charge is 1.95. The highest BCUT2D eigenvalue weighted by atomic mass is 14.8. The zero-order valence-corrected chi connectivity index (χ0v) is 19.8. The van der Waals surface area contributed by atoms with Gasteiger partial charge in [0.05, 0.1) is 0 Å². The lowest BCUT2D eigenvalue weighted by Crippen LogP contribution is -2.16. The molecule has 0 saturated heterocycles. The molecule has 2 heteroatoms. The standard InChI is InChI=1S/C26H56N2/c1-2-3-4-5-6-7-8-9-10-11-12-13-14-15-16-17-19-22-25-28-26-23-20-18-21-24-27/h28H,2-27H2,1H3. The maximum Gasteiger partial charge on any atom is -0.00489 e. The highest BCUT2D eigenvalue weighted by Crippen LogP contribution is 2.14. The monoisotopic (exact) mass is 396 g/mol. The SMILES string of the molecule is CCCCCCCCCCCCCCCCCCCCNCCCCCCN. The van der Waals surface area contributed by atoms with Crippen molar-refractivity contribution in [3.05, 3.63) is 0 Å². The fourth-order valence-electron chi connectivity index (χ4n) is 4.02. The molecule has 0 aliphatic heterocycles. The first kappa shape index (κ1) is 27.9. The summed E-state index contributed by atoms with van der Waals surface area (Å²) >= 11 is 0. The Hall–Kier alpha value is -0.0800. The van der Waals surface area contributed by atoms with E-state index in [4.69, 9.17) is 5.73 Å². The molecular formula is C26H56N2. The summed E-state index contributed by atoms with van der Waals surface area (Å²) in [6, 6.07) is 0. The van der Waals surface area contributed by atoms with Gasteiger partial charge in [0.2, 0.25) is 0 Å². The predicted octanol–water partition coefficient (Wildman–Crippen LogP) is 8.14. The Labute approximate surface area is 179 Å². The maximum atomic E-state index is 5.51. The Morgan fingerprint density at radius 1 is 0.393 bits per heavy atom. The van der Waals surface area contributed by atoms with Crippen molar-refractivity contribution in [1.82, 2.24) is 5.32 Å².